The Balaban J connectivity index is 2.57. The molecule has 1 aromatic carbocycles. The lowest BCUT2D eigenvalue weighted by atomic mass is 10.2. The van der Waals surface area contributed by atoms with Crippen molar-refractivity contribution >= 4 is 0 Å². The van der Waals surface area contributed by atoms with Gasteiger partial charge < -0.3 is 14.8 Å². The highest BCUT2D eigenvalue weighted by atomic mass is 16.5. The number of hydrogen-bond donors (Lipinski definition) is 1. The molecule has 0 aromatic heterocycles. The average molecular weight is 235 g/mol. The molecule has 17 heavy (non-hydrogen) atoms. The second kappa shape index (κ2) is 6.97. The van der Waals surface area contributed by atoms with Crippen molar-refractivity contribution in [1.82, 2.24) is 5.32 Å². The van der Waals surface area contributed by atoms with E-state index in [0.29, 0.717) is 0 Å². The third-order valence-electron chi connectivity index (χ3n) is 2.65. The van der Waals surface area contributed by atoms with Crippen LogP contribution in [0.15, 0.2) is 30.4 Å². The number of nitrogens with one attached hydrogen (secondary N) is 1. The summed E-state index contributed by atoms with van der Waals surface area (Å²) >= 11 is 0. The van der Waals surface area contributed by atoms with Crippen LogP contribution in [0, 0.1) is 0 Å². The van der Waals surface area contributed by atoms with Crippen molar-refractivity contribution < 1.29 is 9.47 Å². The van der Waals surface area contributed by atoms with E-state index >= 15 is 0 Å². The SMILES string of the molecule is C=C(CC)CNCc1ccc(OC)c(OC)c1. The van der Waals surface area contributed by atoms with Gasteiger partial charge in [-0.25, -0.2) is 0 Å². The summed E-state index contributed by atoms with van der Waals surface area (Å²) in [5.41, 5.74) is 2.39. The number of benzene rings is 1. The topological polar surface area (TPSA) is 30.5 Å². The van der Waals surface area contributed by atoms with Crippen molar-refractivity contribution in [3.63, 3.8) is 0 Å². The maximum atomic E-state index is 5.26. The second-order valence-electron chi connectivity index (χ2n) is 3.90. The van der Waals surface area contributed by atoms with Crippen LogP contribution in [0.3, 0.4) is 0 Å². The van der Waals surface area contributed by atoms with Gasteiger partial charge in [0, 0.05) is 13.1 Å². The lowest BCUT2D eigenvalue weighted by Gasteiger charge is -2.10. The van der Waals surface area contributed by atoms with Gasteiger partial charge >= 0.3 is 0 Å². The van der Waals surface area contributed by atoms with Crippen LogP contribution in [0.5, 0.6) is 11.5 Å². The second-order valence-corrected chi connectivity index (χ2v) is 3.90. The summed E-state index contributed by atoms with van der Waals surface area (Å²) in [4.78, 5) is 0. The van der Waals surface area contributed by atoms with Gasteiger partial charge in [-0.3, -0.25) is 0 Å². The van der Waals surface area contributed by atoms with Crippen LogP contribution >= 0.6 is 0 Å². The lowest BCUT2D eigenvalue weighted by molar-refractivity contribution is 0.354. The molecule has 0 aliphatic carbocycles. The van der Waals surface area contributed by atoms with E-state index in [1.54, 1.807) is 14.2 Å². The summed E-state index contributed by atoms with van der Waals surface area (Å²) in [6.07, 6.45) is 1.01. The summed E-state index contributed by atoms with van der Waals surface area (Å²) in [7, 11) is 3.29. The van der Waals surface area contributed by atoms with Gasteiger partial charge in [-0.15, -0.1) is 0 Å². The Bertz CT molecular complexity index is 374. The molecule has 0 amide bonds. The van der Waals surface area contributed by atoms with Crippen molar-refractivity contribution in [2.24, 2.45) is 0 Å². The van der Waals surface area contributed by atoms with E-state index in [1.165, 1.54) is 11.1 Å². The molecule has 0 saturated carbocycles. The Morgan fingerprint density at radius 1 is 1.24 bits per heavy atom. The summed E-state index contributed by atoms with van der Waals surface area (Å²) in [6, 6.07) is 5.94. The summed E-state index contributed by atoms with van der Waals surface area (Å²) in [5.74, 6) is 1.52. The molecule has 0 saturated heterocycles. The highest BCUT2D eigenvalue weighted by molar-refractivity contribution is 5.42. The molecule has 0 heterocycles. The lowest BCUT2D eigenvalue weighted by Crippen LogP contribution is -2.15. The van der Waals surface area contributed by atoms with Crippen LogP contribution in [0.25, 0.3) is 0 Å². The van der Waals surface area contributed by atoms with Crippen molar-refractivity contribution in [3.05, 3.63) is 35.9 Å². The smallest absolute Gasteiger partial charge is 0.161 e. The fourth-order valence-corrected chi connectivity index (χ4v) is 1.50. The summed E-state index contributed by atoms with van der Waals surface area (Å²) in [6.45, 7) is 7.73. The molecule has 1 aromatic rings. The van der Waals surface area contributed by atoms with E-state index in [2.05, 4.69) is 18.8 Å². The molecule has 0 fully saturated rings. The van der Waals surface area contributed by atoms with Gasteiger partial charge in [0.2, 0.25) is 0 Å². The molecule has 0 unspecified atom stereocenters. The molecule has 0 atom stereocenters. The third kappa shape index (κ3) is 4.11. The Hall–Kier alpha value is -1.48. The molecule has 0 bridgehead atoms. The van der Waals surface area contributed by atoms with Gasteiger partial charge in [0.1, 0.15) is 0 Å². The number of hydrogen-bond acceptors (Lipinski definition) is 3. The van der Waals surface area contributed by atoms with Crippen molar-refractivity contribution in [1.29, 1.82) is 0 Å². The number of methoxy groups -OCH3 is 2. The largest absolute Gasteiger partial charge is 0.493 e. The Kier molecular flexibility index (Phi) is 5.57. The van der Waals surface area contributed by atoms with E-state index in [1.807, 2.05) is 18.2 Å². The molecule has 1 N–H and O–H groups in total. The molecular weight excluding hydrogens is 214 g/mol. The first-order valence-electron chi connectivity index (χ1n) is 5.79. The van der Waals surface area contributed by atoms with E-state index in [-0.39, 0.29) is 0 Å². The Morgan fingerprint density at radius 2 is 1.94 bits per heavy atom. The van der Waals surface area contributed by atoms with Gasteiger partial charge in [-0.2, -0.15) is 0 Å². The van der Waals surface area contributed by atoms with Crippen LogP contribution in [-0.2, 0) is 6.54 Å². The van der Waals surface area contributed by atoms with Crippen LogP contribution in [0.1, 0.15) is 18.9 Å². The minimum absolute atomic E-state index is 0.759. The first kappa shape index (κ1) is 13.6. The van der Waals surface area contributed by atoms with Crippen LogP contribution in [0.4, 0.5) is 0 Å². The van der Waals surface area contributed by atoms with Crippen molar-refractivity contribution in [2.75, 3.05) is 20.8 Å². The highest BCUT2D eigenvalue weighted by Gasteiger charge is 2.04. The molecular formula is C14H21NO2. The minimum Gasteiger partial charge on any atom is -0.493 e. The molecule has 94 valence electrons. The maximum Gasteiger partial charge on any atom is 0.161 e. The first-order valence-corrected chi connectivity index (χ1v) is 5.79. The zero-order chi connectivity index (χ0) is 12.7. The number of rotatable bonds is 7. The third-order valence-corrected chi connectivity index (χ3v) is 2.65. The minimum atomic E-state index is 0.759. The standard InChI is InChI=1S/C14H21NO2/c1-5-11(2)9-15-10-12-6-7-13(16-3)14(8-12)17-4/h6-8,15H,2,5,9-10H2,1,3-4H3. The predicted molar refractivity (Wildman–Crippen MR) is 70.7 cm³/mol. The van der Waals surface area contributed by atoms with E-state index in [0.717, 1.165) is 31.0 Å². The first-order chi connectivity index (χ1) is 8.21. The number of ether oxygens (including phenoxy) is 2. The van der Waals surface area contributed by atoms with Crippen molar-refractivity contribution in [3.8, 4) is 11.5 Å². The molecule has 0 spiro atoms. The van der Waals surface area contributed by atoms with Gasteiger partial charge in [0.05, 0.1) is 14.2 Å². The molecule has 3 nitrogen and oxygen atoms in total. The van der Waals surface area contributed by atoms with Crippen molar-refractivity contribution in [2.45, 2.75) is 19.9 Å². The summed E-state index contributed by atoms with van der Waals surface area (Å²) in [5, 5.41) is 3.35. The van der Waals surface area contributed by atoms with Crippen LogP contribution < -0.4 is 14.8 Å². The maximum absolute atomic E-state index is 5.26. The molecule has 3 heteroatoms. The van der Waals surface area contributed by atoms with E-state index < -0.39 is 0 Å². The van der Waals surface area contributed by atoms with E-state index in [4.69, 9.17) is 9.47 Å². The quantitative estimate of drug-likeness (QED) is 0.737. The normalized spacial score (nSPS) is 10.1. The molecule has 1 rings (SSSR count). The van der Waals surface area contributed by atoms with E-state index in [9.17, 15) is 0 Å². The van der Waals surface area contributed by atoms with Crippen LogP contribution in [0.2, 0.25) is 0 Å². The Labute approximate surface area is 103 Å². The molecule has 0 aliphatic heterocycles. The zero-order valence-corrected chi connectivity index (χ0v) is 10.9. The monoisotopic (exact) mass is 235 g/mol. The van der Waals surface area contributed by atoms with Gasteiger partial charge in [-0.1, -0.05) is 25.1 Å². The average Bonchev–Trinajstić information content (AvgIpc) is 2.38. The predicted octanol–water partition coefficient (Wildman–Crippen LogP) is 2.76. The van der Waals surface area contributed by atoms with Gasteiger partial charge in [0.15, 0.2) is 11.5 Å². The highest BCUT2D eigenvalue weighted by Crippen LogP contribution is 2.27. The van der Waals surface area contributed by atoms with Crippen LogP contribution in [-0.4, -0.2) is 20.8 Å². The fourth-order valence-electron chi connectivity index (χ4n) is 1.50. The summed E-state index contributed by atoms with van der Waals surface area (Å²) < 4.78 is 10.4. The van der Waals surface area contributed by atoms with Gasteiger partial charge in [0.25, 0.3) is 0 Å². The Morgan fingerprint density at radius 3 is 2.53 bits per heavy atom. The molecule has 0 radical (unpaired) electrons. The zero-order valence-electron chi connectivity index (χ0n) is 10.9. The molecule has 0 aliphatic rings. The van der Waals surface area contributed by atoms with Gasteiger partial charge in [-0.05, 0) is 24.1 Å². The fraction of sp³-hybridized carbons (Fsp3) is 0.429.